The summed E-state index contributed by atoms with van der Waals surface area (Å²) < 4.78 is 0. The van der Waals surface area contributed by atoms with E-state index in [2.05, 4.69) is 5.16 Å². The Morgan fingerprint density at radius 2 is 1.60 bits per heavy atom. The molecule has 0 aromatic heterocycles. The number of rotatable bonds is 6. The van der Waals surface area contributed by atoms with Crippen molar-refractivity contribution in [2.45, 2.75) is 6.42 Å². The quantitative estimate of drug-likeness (QED) is 0.648. The zero-order valence-electron chi connectivity index (χ0n) is 10.9. The van der Waals surface area contributed by atoms with Crippen LogP contribution in [0.5, 0.6) is 0 Å². The summed E-state index contributed by atoms with van der Waals surface area (Å²) in [6, 6.07) is 19.4. The van der Waals surface area contributed by atoms with Gasteiger partial charge in [0.1, 0.15) is 0 Å². The molecule has 2 aromatic carbocycles. The van der Waals surface area contributed by atoms with E-state index in [0.717, 1.165) is 11.1 Å². The van der Waals surface area contributed by atoms with Gasteiger partial charge in [-0.2, -0.15) is 0 Å². The van der Waals surface area contributed by atoms with Crippen molar-refractivity contribution in [1.82, 2.24) is 0 Å². The highest BCUT2D eigenvalue weighted by atomic mass is 16.6. The lowest BCUT2D eigenvalue weighted by Crippen LogP contribution is -2.09. The van der Waals surface area contributed by atoms with Crippen molar-refractivity contribution >= 4 is 11.7 Å². The van der Waals surface area contributed by atoms with E-state index in [0.29, 0.717) is 12.1 Å². The van der Waals surface area contributed by atoms with Crippen LogP contribution in [0, 0.1) is 0 Å². The summed E-state index contributed by atoms with van der Waals surface area (Å²) in [6.45, 7) is -0.439. The minimum absolute atomic E-state index is 0.439. The van der Waals surface area contributed by atoms with Crippen molar-refractivity contribution in [2.24, 2.45) is 5.16 Å². The Morgan fingerprint density at radius 3 is 2.20 bits per heavy atom. The Labute approximate surface area is 117 Å². The number of hydrogen-bond donors (Lipinski definition) is 1. The fraction of sp³-hybridized carbons (Fsp3) is 0.125. The molecule has 0 saturated heterocycles. The van der Waals surface area contributed by atoms with Crippen LogP contribution in [0.4, 0.5) is 0 Å². The summed E-state index contributed by atoms with van der Waals surface area (Å²) in [5, 5.41) is 12.6. The van der Waals surface area contributed by atoms with Gasteiger partial charge in [0, 0.05) is 6.42 Å². The van der Waals surface area contributed by atoms with E-state index in [9.17, 15) is 4.79 Å². The Kier molecular flexibility index (Phi) is 4.89. The summed E-state index contributed by atoms with van der Waals surface area (Å²) in [7, 11) is 0. The zero-order valence-corrected chi connectivity index (χ0v) is 10.9. The molecule has 0 bridgehead atoms. The van der Waals surface area contributed by atoms with Crippen LogP contribution in [0.3, 0.4) is 0 Å². The van der Waals surface area contributed by atoms with E-state index in [-0.39, 0.29) is 0 Å². The Balaban J connectivity index is 2.18. The van der Waals surface area contributed by atoms with Crippen LogP contribution in [0.2, 0.25) is 0 Å². The molecule has 0 atom stereocenters. The number of aliphatic carboxylic acids is 1. The van der Waals surface area contributed by atoms with Crippen molar-refractivity contribution in [2.75, 3.05) is 6.61 Å². The van der Waals surface area contributed by atoms with Crippen LogP contribution in [0.1, 0.15) is 11.1 Å². The van der Waals surface area contributed by atoms with Gasteiger partial charge >= 0.3 is 5.97 Å². The molecular weight excluding hydrogens is 254 g/mol. The largest absolute Gasteiger partial charge is 0.479 e. The number of carbonyl (C=O) groups is 1. The molecule has 0 aliphatic carbocycles. The molecule has 0 heterocycles. The molecule has 0 fully saturated rings. The molecule has 2 rings (SSSR count). The Bertz CT molecular complexity index is 579. The monoisotopic (exact) mass is 269 g/mol. The molecule has 1 N–H and O–H groups in total. The number of carboxylic acids is 1. The van der Waals surface area contributed by atoms with Crippen LogP contribution in [0.25, 0.3) is 0 Å². The SMILES string of the molecule is O=C(O)CON=C(Cc1ccccc1)c1ccccc1. The summed E-state index contributed by atoms with van der Waals surface area (Å²) in [4.78, 5) is 15.4. The first kappa shape index (κ1) is 13.8. The molecule has 4 heteroatoms. The molecule has 2 aromatic rings. The Morgan fingerprint density at radius 1 is 1.00 bits per heavy atom. The minimum Gasteiger partial charge on any atom is -0.479 e. The molecule has 0 spiro atoms. The summed E-state index contributed by atoms with van der Waals surface area (Å²) in [6.07, 6.45) is 0.588. The van der Waals surface area contributed by atoms with Crippen molar-refractivity contribution in [3.8, 4) is 0 Å². The summed E-state index contributed by atoms with van der Waals surface area (Å²) >= 11 is 0. The molecular formula is C16H15NO3. The van der Waals surface area contributed by atoms with Gasteiger partial charge in [0.15, 0.2) is 0 Å². The molecule has 0 saturated carbocycles. The number of hydrogen-bond acceptors (Lipinski definition) is 3. The van der Waals surface area contributed by atoms with Crippen LogP contribution < -0.4 is 0 Å². The average molecular weight is 269 g/mol. The zero-order chi connectivity index (χ0) is 14.2. The maximum absolute atomic E-state index is 10.5. The van der Waals surface area contributed by atoms with E-state index in [1.165, 1.54) is 0 Å². The molecule has 0 aliphatic rings. The average Bonchev–Trinajstić information content (AvgIpc) is 2.48. The van der Waals surface area contributed by atoms with Gasteiger partial charge in [0.25, 0.3) is 0 Å². The lowest BCUT2D eigenvalue weighted by Gasteiger charge is -2.06. The van der Waals surface area contributed by atoms with E-state index < -0.39 is 12.6 Å². The molecule has 4 nitrogen and oxygen atoms in total. The number of nitrogens with zero attached hydrogens (tertiary/aromatic N) is 1. The second-order valence-electron chi connectivity index (χ2n) is 4.23. The fourth-order valence-corrected chi connectivity index (χ4v) is 1.77. The lowest BCUT2D eigenvalue weighted by atomic mass is 10.0. The van der Waals surface area contributed by atoms with E-state index in [4.69, 9.17) is 9.94 Å². The number of carboxylic acid groups (broad SMARTS) is 1. The highest BCUT2D eigenvalue weighted by Crippen LogP contribution is 2.09. The maximum atomic E-state index is 10.5. The third-order valence-electron chi connectivity index (χ3n) is 2.68. The molecule has 0 aliphatic heterocycles. The number of benzene rings is 2. The lowest BCUT2D eigenvalue weighted by molar-refractivity contribution is -0.142. The van der Waals surface area contributed by atoms with Gasteiger partial charge in [-0.05, 0) is 11.1 Å². The highest BCUT2D eigenvalue weighted by Gasteiger charge is 2.06. The summed E-state index contributed by atoms with van der Waals surface area (Å²) in [5.41, 5.74) is 2.72. The molecule has 0 amide bonds. The first-order chi connectivity index (χ1) is 9.75. The summed E-state index contributed by atoms with van der Waals surface area (Å²) in [5.74, 6) is -1.04. The predicted octanol–water partition coefficient (Wildman–Crippen LogP) is 2.73. The molecule has 0 unspecified atom stereocenters. The third-order valence-corrected chi connectivity index (χ3v) is 2.68. The van der Waals surface area contributed by atoms with E-state index in [1.807, 2.05) is 60.7 Å². The third kappa shape index (κ3) is 4.24. The second kappa shape index (κ2) is 7.09. The highest BCUT2D eigenvalue weighted by molar-refractivity contribution is 6.01. The van der Waals surface area contributed by atoms with Crippen molar-refractivity contribution < 1.29 is 14.7 Å². The normalized spacial score (nSPS) is 11.1. The van der Waals surface area contributed by atoms with Gasteiger partial charge in [-0.15, -0.1) is 0 Å². The standard InChI is InChI=1S/C16H15NO3/c18-16(19)12-20-17-15(14-9-5-2-6-10-14)11-13-7-3-1-4-8-13/h1-10H,11-12H2,(H,18,19). The maximum Gasteiger partial charge on any atom is 0.344 e. The van der Waals surface area contributed by atoms with Crippen molar-refractivity contribution in [3.05, 3.63) is 71.8 Å². The van der Waals surface area contributed by atoms with E-state index in [1.54, 1.807) is 0 Å². The smallest absolute Gasteiger partial charge is 0.344 e. The topological polar surface area (TPSA) is 58.9 Å². The first-order valence-electron chi connectivity index (χ1n) is 6.25. The van der Waals surface area contributed by atoms with Crippen molar-refractivity contribution in [3.63, 3.8) is 0 Å². The van der Waals surface area contributed by atoms with Crippen LogP contribution in [-0.2, 0) is 16.1 Å². The van der Waals surface area contributed by atoms with Crippen LogP contribution >= 0.6 is 0 Å². The van der Waals surface area contributed by atoms with Crippen molar-refractivity contribution in [1.29, 1.82) is 0 Å². The van der Waals surface area contributed by atoms with Gasteiger partial charge in [-0.3, -0.25) is 0 Å². The van der Waals surface area contributed by atoms with Gasteiger partial charge in [0.05, 0.1) is 5.71 Å². The van der Waals surface area contributed by atoms with E-state index >= 15 is 0 Å². The second-order valence-corrected chi connectivity index (χ2v) is 4.23. The first-order valence-corrected chi connectivity index (χ1v) is 6.25. The predicted molar refractivity (Wildman–Crippen MR) is 76.7 cm³/mol. The van der Waals surface area contributed by atoms with Gasteiger partial charge in [0.2, 0.25) is 6.61 Å². The van der Waals surface area contributed by atoms with Gasteiger partial charge in [-0.1, -0.05) is 65.8 Å². The Hall–Kier alpha value is -2.62. The minimum atomic E-state index is -1.04. The van der Waals surface area contributed by atoms with Crippen LogP contribution in [0.15, 0.2) is 65.8 Å². The molecule has 102 valence electrons. The number of oxime groups is 1. The van der Waals surface area contributed by atoms with Gasteiger partial charge < -0.3 is 9.94 Å². The van der Waals surface area contributed by atoms with Crippen LogP contribution in [-0.4, -0.2) is 23.4 Å². The van der Waals surface area contributed by atoms with Gasteiger partial charge in [-0.25, -0.2) is 4.79 Å². The fourth-order valence-electron chi connectivity index (χ4n) is 1.77. The molecule has 20 heavy (non-hydrogen) atoms. The molecule has 0 radical (unpaired) electrons.